The van der Waals surface area contributed by atoms with Gasteiger partial charge in [0.25, 0.3) is 11.8 Å². The van der Waals surface area contributed by atoms with E-state index in [0.717, 1.165) is 37.2 Å². The number of hydrogen-bond acceptors (Lipinski definition) is 7. The van der Waals surface area contributed by atoms with Gasteiger partial charge in [-0.05, 0) is 55.4 Å². The van der Waals surface area contributed by atoms with Gasteiger partial charge in [0.1, 0.15) is 16.7 Å². The molecule has 184 valence electrons. The first kappa shape index (κ1) is 25.6. The first-order valence-corrected chi connectivity index (χ1v) is 12.1. The molecule has 1 saturated carbocycles. The maximum absolute atomic E-state index is 13.7. The number of halogens is 1. The van der Waals surface area contributed by atoms with Crippen molar-refractivity contribution in [1.82, 2.24) is 14.6 Å². The summed E-state index contributed by atoms with van der Waals surface area (Å²) >= 11 is 0.754. The van der Waals surface area contributed by atoms with Crippen molar-refractivity contribution in [1.29, 1.82) is 0 Å². The molecule has 0 spiro atoms. The molecule has 1 atom stereocenters. The molecule has 3 amide bonds. The SMILES string of the molecule is CCOCCCN(C(=O)c1snc(C(N)=O)c1N)[C@H](C(=O)NC1CCCC1)c1ccc(F)cc1. The van der Waals surface area contributed by atoms with E-state index in [0.29, 0.717) is 25.2 Å². The fourth-order valence-electron chi connectivity index (χ4n) is 4.06. The van der Waals surface area contributed by atoms with Crippen LogP contribution < -0.4 is 16.8 Å². The van der Waals surface area contributed by atoms with Gasteiger partial charge in [-0.1, -0.05) is 25.0 Å². The summed E-state index contributed by atoms with van der Waals surface area (Å²) < 4.78 is 23.0. The highest BCUT2D eigenvalue weighted by molar-refractivity contribution is 7.09. The lowest BCUT2D eigenvalue weighted by atomic mass is 10.0. The van der Waals surface area contributed by atoms with Gasteiger partial charge in [0.05, 0.1) is 5.69 Å². The Morgan fingerprint density at radius 3 is 2.53 bits per heavy atom. The van der Waals surface area contributed by atoms with Crippen LogP contribution >= 0.6 is 11.5 Å². The Balaban J connectivity index is 1.99. The van der Waals surface area contributed by atoms with Gasteiger partial charge in [0.15, 0.2) is 5.69 Å². The average molecular weight is 492 g/mol. The number of nitrogens with two attached hydrogens (primary N) is 2. The molecule has 1 aromatic carbocycles. The zero-order valence-electron chi connectivity index (χ0n) is 19.1. The number of aromatic nitrogens is 1. The van der Waals surface area contributed by atoms with Crippen molar-refractivity contribution in [3.63, 3.8) is 0 Å². The Morgan fingerprint density at radius 2 is 1.94 bits per heavy atom. The number of nitrogens with zero attached hydrogens (tertiary/aromatic N) is 2. The Kier molecular flexibility index (Phi) is 8.94. The molecule has 34 heavy (non-hydrogen) atoms. The highest BCUT2D eigenvalue weighted by Gasteiger charge is 2.35. The second-order valence-corrected chi connectivity index (χ2v) is 8.90. The van der Waals surface area contributed by atoms with Gasteiger partial charge in [-0.25, -0.2) is 4.39 Å². The molecule has 1 aliphatic carbocycles. The van der Waals surface area contributed by atoms with Crippen LogP contribution in [0.4, 0.5) is 10.1 Å². The second kappa shape index (κ2) is 11.9. The summed E-state index contributed by atoms with van der Waals surface area (Å²) in [4.78, 5) is 40.2. The maximum atomic E-state index is 13.7. The van der Waals surface area contributed by atoms with Crippen molar-refractivity contribution < 1.29 is 23.5 Å². The predicted octanol–water partition coefficient (Wildman–Crippen LogP) is 2.63. The number of hydrogen-bond donors (Lipinski definition) is 3. The van der Waals surface area contributed by atoms with Gasteiger partial charge in [0, 0.05) is 25.8 Å². The monoisotopic (exact) mass is 491 g/mol. The molecule has 3 rings (SSSR count). The third-order valence-electron chi connectivity index (χ3n) is 5.76. The highest BCUT2D eigenvalue weighted by Crippen LogP contribution is 2.30. The number of amides is 3. The summed E-state index contributed by atoms with van der Waals surface area (Å²) in [6.45, 7) is 2.93. The second-order valence-electron chi connectivity index (χ2n) is 8.13. The Morgan fingerprint density at radius 1 is 1.26 bits per heavy atom. The zero-order valence-corrected chi connectivity index (χ0v) is 19.9. The van der Waals surface area contributed by atoms with Crippen LogP contribution in [0.5, 0.6) is 0 Å². The van der Waals surface area contributed by atoms with Crippen molar-refractivity contribution >= 4 is 34.9 Å². The van der Waals surface area contributed by atoms with Gasteiger partial charge in [-0.3, -0.25) is 14.4 Å². The minimum Gasteiger partial charge on any atom is -0.395 e. The van der Waals surface area contributed by atoms with Crippen LogP contribution in [-0.4, -0.2) is 52.8 Å². The van der Waals surface area contributed by atoms with Crippen LogP contribution in [0.15, 0.2) is 24.3 Å². The minimum atomic E-state index is -1.03. The van der Waals surface area contributed by atoms with E-state index in [1.165, 1.54) is 29.2 Å². The summed E-state index contributed by atoms with van der Waals surface area (Å²) in [5, 5.41) is 3.04. The van der Waals surface area contributed by atoms with Crippen molar-refractivity contribution in [3.05, 3.63) is 46.2 Å². The molecule has 0 bridgehead atoms. The Bertz CT molecular complexity index is 1010. The number of primary amides is 1. The van der Waals surface area contributed by atoms with Gasteiger partial charge in [-0.15, -0.1) is 0 Å². The van der Waals surface area contributed by atoms with Crippen LogP contribution in [0.2, 0.25) is 0 Å². The minimum absolute atomic E-state index is 0.0192. The molecular weight excluding hydrogens is 461 g/mol. The van der Waals surface area contributed by atoms with Gasteiger partial charge in [0.2, 0.25) is 5.91 Å². The molecule has 0 radical (unpaired) electrons. The van der Waals surface area contributed by atoms with E-state index in [-0.39, 0.29) is 34.8 Å². The molecule has 0 unspecified atom stereocenters. The largest absolute Gasteiger partial charge is 0.395 e. The fourth-order valence-corrected chi connectivity index (χ4v) is 4.82. The van der Waals surface area contributed by atoms with Crippen LogP contribution in [0.1, 0.15) is 70.8 Å². The molecule has 5 N–H and O–H groups in total. The van der Waals surface area contributed by atoms with Crippen molar-refractivity contribution in [2.24, 2.45) is 5.73 Å². The maximum Gasteiger partial charge on any atom is 0.270 e. The van der Waals surface area contributed by atoms with E-state index in [4.69, 9.17) is 16.2 Å². The number of nitrogens with one attached hydrogen (secondary N) is 1. The number of carbonyl (C=O) groups is 3. The van der Waals surface area contributed by atoms with Crippen molar-refractivity contribution in [2.45, 2.75) is 51.1 Å². The lowest BCUT2D eigenvalue weighted by Crippen LogP contribution is -2.46. The van der Waals surface area contributed by atoms with Gasteiger partial charge >= 0.3 is 0 Å². The summed E-state index contributed by atoms with van der Waals surface area (Å²) in [5.41, 5.74) is 11.5. The average Bonchev–Trinajstić information content (AvgIpc) is 3.46. The molecule has 1 aliphatic rings. The third-order valence-corrected chi connectivity index (χ3v) is 6.61. The van der Waals surface area contributed by atoms with Crippen molar-refractivity contribution in [3.8, 4) is 0 Å². The van der Waals surface area contributed by atoms with Crippen molar-refractivity contribution in [2.75, 3.05) is 25.5 Å². The number of ether oxygens (including phenoxy) is 1. The summed E-state index contributed by atoms with van der Waals surface area (Å²) in [6, 6.07) is 4.46. The first-order valence-electron chi connectivity index (χ1n) is 11.3. The van der Waals surface area contributed by atoms with Crippen LogP contribution in [0.3, 0.4) is 0 Å². The lowest BCUT2D eigenvalue weighted by molar-refractivity contribution is -0.126. The van der Waals surface area contributed by atoms with E-state index in [2.05, 4.69) is 9.69 Å². The standard InChI is InChI=1S/C23H30FN5O4S/c1-2-33-13-5-12-29(23(32)20-17(25)18(21(26)30)28-34-20)19(14-8-10-15(24)11-9-14)22(31)27-16-6-3-4-7-16/h8-11,16,19H,2-7,12-13,25H2,1H3,(H2,26,30)(H,27,31)/t19-/m0/s1. The molecular formula is C23H30FN5O4S. The molecule has 1 aromatic heterocycles. The number of nitrogen functional groups attached to an aromatic ring is 1. The smallest absolute Gasteiger partial charge is 0.270 e. The molecule has 11 heteroatoms. The number of rotatable bonds is 11. The molecule has 0 aliphatic heterocycles. The Hall–Kier alpha value is -3.05. The van der Waals surface area contributed by atoms with Crippen LogP contribution in [0, 0.1) is 5.82 Å². The van der Waals surface area contributed by atoms with E-state index in [1.807, 2.05) is 6.92 Å². The molecule has 0 saturated heterocycles. The number of benzene rings is 1. The summed E-state index contributed by atoms with van der Waals surface area (Å²) in [5.74, 6) is -2.22. The molecule has 2 aromatic rings. The van der Waals surface area contributed by atoms with E-state index in [9.17, 15) is 18.8 Å². The van der Waals surface area contributed by atoms with E-state index < -0.39 is 23.7 Å². The first-order chi connectivity index (χ1) is 16.3. The van der Waals surface area contributed by atoms with Gasteiger partial charge in [-0.2, -0.15) is 4.37 Å². The predicted molar refractivity (Wildman–Crippen MR) is 127 cm³/mol. The fraction of sp³-hybridized carbons (Fsp3) is 0.478. The van der Waals surface area contributed by atoms with E-state index in [1.54, 1.807) is 0 Å². The summed E-state index contributed by atoms with van der Waals surface area (Å²) in [6.07, 6.45) is 4.23. The Labute approximate surface area is 201 Å². The van der Waals surface area contributed by atoms with Crippen LogP contribution in [0.25, 0.3) is 0 Å². The van der Waals surface area contributed by atoms with Gasteiger partial charge < -0.3 is 26.4 Å². The lowest BCUT2D eigenvalue weighted by Gasteiger charge is -2.32. The quantitative estimate of drug-likeness (QED) is 0.413. The molecule has 1 heterocycles. The normalized spacial score (nSPS) is 14.6. The number of anilines is 1. The van der Waals surface area contributed by atoms with E-state index >= 15 is 0 Å². The highest BCUT2D eigenvalue weighted by atomic mass is 32.1. The summed E-state index contributed by atoms with van der Waals surface area (Å²) in [7, 11) is 0. The third kappa shape index (κ3) is 6.09. The molecule has 9 nitrogen and oxygen atoms in total. The topological polar surface area (TPSA) is 141 Å². The molecule has 1 fully saturated rings. The number of carbonyl (C=O) groups excluding carboxylic acids is 3. The zero-order chi connectivity index (χ0) is 24.7. The van der Waals surface area contributed by atoms with Crippen LogP contribution in [-0.2, 0) is 9.53 Å².